The fraction of sp³-hybridized carbons (Fsp3) is 0.625. The lowest BCUT2D eigenvalue weighted by molar-refractivity contribution is -0.0223. The standard InChI is InChI=1S/C16H25NO3/c1-17(12-16(19)8-4-3-5-9-16)11-13-6-7-15(20-2)14(18)10-13/h6-7,10,18-19H,3-5,8-9,11-12H2,1-2H3. The molecule has 1 aliphatic rings. The lowest BCUT2D eigenvalue weighted by Gasteiger charge is -2.35. The zero-order valence-corrected chi connectivity index (χ0v) is 12.4. The molecule has 0 unspecified atom stereocenters. The highest BCUT2D eigenvalue weighted by molar-refractivity contribution is 5.41. The van der Waals surface area contributed by atoms with Crippen molar-refractivity contribution >= 4 is 0 Å². The maximum Gasteiger partial charge on any atom is 0.160 e. The van der Waals surface area contributed by atoms with E-state index in [-0.39, 0.29) is 5.75 Å². The predicted molar refractivity (Wildman–Crippen MR) is 79.0 cm³/mol. The van der Waals surface area contributed by atoms with E-state index in [1.54, 1.807) is 19.2 Å². The zero-order chi connectivity index (χ0) is 14.6. The second-order valence-corrected chi connectivity index (χ2v) is 5.96. The molecule has 1 aromatic rings. The highest BCUT2D eigenvalue weighted by Crippen LogP contribution is 2.30. The average Bonchev–Trinajstić information content (AvgIpc) is 2.39. The van der Waals surface area contributed by atoms with Crippen LogP contribution in [0.15, 0.2) is 18.2 Å². The monoisotopic (exact) mass is 279 g/mol. The van der Waals surface area contributed by atoms with Crippen molar-refractivity contribution in [3.8, 4) is 11.5 Å². The summed E-state index contributed by atoms with van der Waals surface area (Å²) < 4.78 is 5.04. The number of aromatic hydroxyl groups is 1. The maximum absolute atomic E-state index is 10.5. The minimum atomic E-state index is -0.540. The minimum Gasteiger partial charge on any atom is -0.504 e. The molecule has 1 fully saturated rings. The van der Waals surface area contributed by atoms with Gasteiger partial charge < -0.3 is 14.9 Å². The van der Waals surface area contributed by atoms with Crippen LogP contribution in [0.2, 0.25) is 0 Å². The van der Waals surface area contributed by atoms with E-state index in [2.05, 4.69) is 4.90 Å². The quantitative estimate of drug-likeness (QED) is 0.869. The van der Waals surface area contributed by atoms with Crippen LogP contribution in [-0.2, 0) is 6.54 Å². The van der Waals surface area contributed by atoms with Crippen molar-refractivity contribution in [1.29, 1.82) is 0 Å². The Bertz CT molecular complexity index is 441. The Morgan fingerprint density at radius 3 is 2.55 bits per heavy atom. The van der Waals surface area contributed by atoms with Crippen LogP contribution in [0.5, 0.6) is 11.5 Å². The third-order valence-corrected chi connectivity index (χ3v) is 4.04. The number of aliphatic hydroxyl groups is 1. The summed E-state index contributed by atoms with van der Waals surface area (Å²) >= 11 is 0. The van der Waals surface area contributed by atoms with Crippen molar-refractivity contribution in [3.63, 3.8) is 0 Å². The molecule has 0 spiro atoms. The van der Waals surface area contributed by atoms with Gasteiger partial charge in [0.1, 0.15) is 0 Å². The molecule has 20 heavy (non-hydrogen) atoms. The van der Waals surface area contributed by atoms with E-state index >= 15 is 0 Å². The van der Waals surface area contributed by atoms with Crippen LogP contribution in [0.3, 0.4) is 0 Å². The van der Waals surface area contributed by atoms with Crippen LogP contribution in [0.25, 0.3) is 0 Å². The Kier molecular flexibility index (Phi) is 4.89. The van der Waals surface area contributed by atoms with Crippen molar-refractivity contribution in [2.24, 2.45) is 0 Å². The molecule has 0 atom stereocenters. The van der Waals surface area contributed by atoms with E-state index in [4.69, 9.17) is 4.74 Å². The number of ether oxygens (including phenoxy) is 1. The third-order valence-electron chi connectivity index (χ3n) is 4.04. The molecule has 0 aliphatic heterocycles. The smallest absolute Gasteiger partial charge is 0.160 e. The molecular formula is C16H25NO3. The van der Waals surface area contributed by atoms with Gasteiger partial charge in [-0.05, 0) is 37.6 Å². The summed E-state index contributed by atoms with van der Waals surface area (Å²) in [4.78, 5) is 2.12. The fourth-order valence-electron chi connectivity index (χ4n) is 3.07. The maximum atomic E-state index is 10.5. The summed E-state index contributed by atoms with van der Waals surface area (Å²) in [7, 11) is 3.55. The first-order chi connectivity index (χ1) is 9.52. The Morgan fingerprint density at radius 1 is 1.25 bits per heavy atom. The fourth-order valence-corrected chi connectivity index (χ4v) is 3.07. The molecule has 0 heterocycles. The van der Waals surface area contributed by atoms with E-state index in [9.17, 15) is 10.2 Å². The second-order valence-electron chi connectivity index (χ2n) is 5.96. The van der Waals surface area contributed by atoms with Gasteiger partial charge in [-0.25, -0.2) is 0 Å². The third kappa shape index (κ3) is 3.87. The Labute approximate surface area is 121 Å². The number of hydrogen-bond donors (Lipinski definition) is 2. The lowest BCUT2D eigenvalue weighted by Crippen LogP contribution is -2.42. The van der Waals surface area contributed by atoms with Gasteiger partial charge in [0.2, 0.25) is 0 Å². The van der Waals surface area contributed by atoms with Crippen LogP contribution in [-0.4, -0.2) is 41.4 Å². The molecule has 112 valence electrons. The predicted octanol–water partition coefficient (Wildman–Crippen LogP) is 2.53. The van der Waals surface area contributed by atoms with Crippen molar-refractivity contribution in [3.05, 3.63) is 23.8 Å². The number of benzene rings is 1. The van der Waals surface area contributed by atoms with Gasteiger partial charge in [0.15, 0.2) is 11.5 Å². The van der Waals surface area contributed by atoms with E-state index in [1.807, 2.05) is 13.1 Å². The number of likely N-dealkylation sites (N-methyl/N-ethyl adjacent to an activating group) is 1. The summed E-state index contributed by atoms with van der Waals surface area (Å²) in [5, 5.41) is 20.3. The molecule has 4 nitrogen and oxygen atoms in total. The van der Waals surface area contributed by atoms with Gasteiger partial charge >= 0.3 is 0 Å². The second kappa shape index (κ2) is 6.46. The molecule has 1 aliphatic carbocycles. The van der Waals surface area contributed by atoms with E-state index in [0.29, 0.717) is 18.8 Å². The van der Waals surface area contributed by atoms with Gasteiger partial charge in [0, 0.05) is 13.1 Å². The van der Waals surface area contributed by atoms with Gasteiger partial charge in [-0.1, -0.05) is 25.3 Å². The number of phenolic OH excluding ortho intramolecular Hbond substituents is 1. The number of rotatable bonds is 5. The molecular weight excluding hydrogens is 254 g/mol. The molecule has 2 N–H and O–H groups in total. The molecule has 0 radical (unpaired) electrons. The van der Waals surface area contributed by atoms with Gasteiger partial charge in [-0.2, -0.15) is 0 Å². The van der Waals surface area contributed by atoms with E-state index < -0.39 is 5.60 Å². The number of methoxy groups -OCH3 is 1. The molecule has 0 bridgehead atoms. The Morgan fingerprint density at radius 2 is 1.95 bits per heavy atom. The summed E-state index contributed by atoms with van der Waals surface area (Å²) in [6.45, 7) is 1.39. The SMILES string of the molecule is COc1ccc(CN(C)CC2(O)CCCCC2)cc1O. The van der Waals surface area contributed by atoms with Gasteiger partial charge in [-0.3, -0.25) is 4.90 Å². The van der Waals surface area contributed by atoms with Crippen molar-refractivity contribution < 1.29 is 14.9 Å². The molecule has 0 aromatic heterocycles. The number of nitrogens with zero attached hydrogens (tertiary/aromatic N) is 1. The number of hydrogen-bond acceptors (Lipinski definition) is 4. The van der Waals surface area contributed by atoms with Crippen LogP contribution in [0.4, 0.5) is 0 Å². The van der Waals surface area contributed by atoms with Gasteiger partial charge in [-0.15, -0.1) is 0 Å². The van der Waals surface area contributed by atoms with Crippen molar-refractivity contribution in [2.75, 3.05) is 20.7 Å². The molecule has 1 saturated carbocycles. The lowest BCUT2D eigenvalue weighted by atomic mass is 9.84. The topological polar surface area (TPSA) is 52.9 Å². The zero-order valence-electron chi connectivity index (χ0n) is 12.4. The molecule has 2 rings (SSSR count). The highest BCUT2D eigenvalue weighted by Gasteiger charge is 2.30. The highest BCUT2D eigenvalue weighted by atomic mass is 16.5. The molecule has 1 aromatic carbocycles. The summed E-state index contributed by atoms with van der Waals surface area (Å²) in [6.07, 6.45) is 5.26. The average molecular weight is 279 g/mol. The summed E-state index contributed by atoms with van der Waals surface area (Å²) in [5.41, 5.74) is 0.479. The molecule has 4 heteroatoms. The summed E-state index contributed by atoms with van der Waals surface area (Å²) in [6, 6.07) is 5.44. The Balaban J connectivity index is 1.93. The van der Waals surface area contributed by atoms with Gasteiger partial charge in [0.05, 0.1) is 12.7 Å². The van der Waals surface area contributed by atoms with Crippen molar-refractivity contribution in [1.82, 2.24) is 4.90 Å². The first-order valence-electron chi connectivity index (χ1n) is 7.29. The largest absolute Gasteiger partial charge is 0.504 e. The summed E-state index contributed by atoms with van der Waals surface area (Å²) in [5.74, 6) is 0.650. The van der Waals surface area contributed by atoms with Gasteiger partial charge in [0.25, 0.3) is 0 Å². The first-order valence-corrected chi connectivity index (χ1v) is 7.29. The van der Waals surface area contributed by atoms with E-state index in [0.717, 1.165) is 31.2 Å². The van der Waals surface area contributed by atoms with Crippen LogP contribution in [0, 0.1) is 0 Å². The molecule has 0 saturated heterocycles. The normalized spacial score (nSPS) is 18.2. The number of phenols is 1. The first kappa shape index (κ1) is 15.1. The van der Waals surface area contributed by atoms with Crippen LogP contribution in [0.1, 0.15) is 37.7 Å². The van der Waals surface area contributed by atoms with Crippen molar-refractivity contribution in [2.45, 2.75) is 44.2 Å². The minimum absolute atomic E-state index is 0.162. The molecule has 0 amide bonds. The van der Waals surface area contributed by atoms with Crippen LogP contribution >= 0.6 is 0 Å². The Hall–Kier alpha value is -1.26. The van der Waals surface area contributed by atoms with E-state index in [1.165, 1.54) is 6.42 Å². The van der Waals surface area contributed by atoms with Crippen LogP contribution < -0.4 is 4.74 Å².